The van der Waals surface area contributed by atoms with Crippen molar-refractivity contribution in [3.8, 4) is 5.75 Å². The number of hydrogen-bond donors (Lipinski definition) is 3. The number of aliphatic hydroxyl groups is 1. The van der Waals surface area contributed by atoms with Crippen molar-refractivity contribution in [2.75, 3.05) is 38.7 Å². The van der Waals surface area contributed by atoms with Gasteiger partial charge in [-0.1, -0.05) is 13.0 Å². The molecule has 2 heterocycles. The zero-order valence-electron chi connectivity index (χ0n) is 25.9. The van der Waals surface area contributed by atoms with Gasteiger partial charge in [0.2, 0.25) is 0 Å². The van der Waals surface area contributed by atoms with Crippen molar-refractivity contribution in [1.82, 2.24) is 14.5 Å². The molecule has 4 atom stereocenters. The Balaban J connectivity index is 1.96. The monoisotopic (exact) mass is 638 g/mol. The predicted molar refractivity (Wildman–Crippen MR) is 168 cm³/mol. The Bertz CT molecular complexity index is 1300. The summed E-state index contributed by atoms with van der Waals surface area (Å²) in [4.78, 5) is 28.1. The van der Waals surface area contributed by atoms with E-state index in [1.165, 1.54) is 11.4 Å². The lowest BCUT2D eigenvalue weighted by atomic mass is 10.0. The molecule has 3 N–H and O–H groups in total. The third kappa shape index (κ3) is 9.64. The molecular formula is C30H46N4O7S2. The van der Waals surface area contributed by atoms with Crippen LogP contribution in [0.15, 0.2) is 39.9 Å². The highest BCUT2D eigenvalue weighted by atomic mass is 32.2. The Kier molecular flexibility index (Phi) is 12.8. The summed E-state index contributed by atoms with van der Waals surface area (Å²) >= 11 is 1.16. The Labute approximate surface area is 259 Å². The van der Waals surface area contributed by atoms with E-state index in [1.807, 2.05) is 27.7 Å². The van der Waals surface area contributed by atoms with Crippen molar-refractivity contribution in [3.63, 3.8) is 0 Å². The van der Waals surface area contributed by atoms with Crippen LogP contribution >= 0.6 is 11.3 Å². The van der Waals surface area contributed by atoms with Gasteiger partial charge in [-0.25, -0.2) is 13.2 Å². The van der Waals surface area contributed by atoms with Gasteiger partial charge in [-0.2, -0.15) is 4.31 Å². The van der Waals surface area contributed by atoms with Gasteiger partial charge in [0.1, 0.15) is 9.96 Å². The minimum absolute atomic E-state index is 0.0694. The van der Waals surface area contributed by atoms with Crippen molar-refractivity contribution >= 4 is 39.0 Å². The lowest BCUT2D eigenvalue weighted by molar-refractivity contribution is -0.00832. The van der Waals surface area contributed by atoms with Crippen molar-refractivity contribution < 1.29 is 32.6 Å². The van der Waals surface area contributed by atoms with Gasteiger partial charge in [-0.3, -0.25) is 4.79 Å². The number of nitrogens with one attached hydrogen (secondary N) is 2. The number of benzene rings is 1. The molecule has 1 aliphatic rings. The number of fused-ring (bicyclic) bond motifs is 1. The zero-order valence-corrected chi connectivity index (χ0v) is 27.5. The van der Waals surface area contributed by atoms with E-state index in [9.17, 15) is 23.1 Å². The number of rotatable bonds is 8. The van der Waals surface area contributed by atoms with Crippen molar-refractivity contribution in [2.24, 2.45) is 5.92 Å². The molecule has 240 valence electrons. The zero-order chi connectivity index (χ0) is 31.7. The summed E-state index contributed by atoms with van der Waals surface area (Å²) in [5.74, 6) is -0.274. The van der Waals surface area contributed by atoms with Crippen LogP contribution in [0.5, 0.6) is 5.75 Å². The number of ether oxygens (including phenoxy) is 2. The van der Waals surface area contributed by atoms with E-state index < -0.39 is 28.2 Å². The SMILES string of the molecule is CC(C)NC(=O)Nc1ccc2c(c1)C(=O)N([C@@H](C)CO)C[C@@H](C)[C@@H](CN(C)S(=O)(=O)c1cccs1)OCCCC[C@@H](C)O2. The molecule has 0 saturated carbocycles. The van der Waals surface area contributed by atoms with E-state index >= 15 is 0 Å². The molecule has 3 amide bonds. The Morgan fingerprint density at radius 1 is 1.21 bits per heavy atom. The summed E-state index contributed by atoms with van der Waals surface area (Å²) in [6.45, 7) is 9.75. The van der Waals surface area contributed by atoms with Crippen LogP contribution in [0.1, 0.15) is 64.2 Å². The van der Waals surface area contributed by atoms with Crippen LogP contribution in [0.2, 0.25) is 0 Å². The van der Waals surface area contributed by atoms with Gasteiger partial charge in [0.15, 0.2) is 0 Å². The maximum absolute atomic E-state index is 14.2. The van der Waals surface area contributed by atoms with Gasteiger partial charge in [-0.15, -0.1) is 11.3 Å². The second kappa shape index (κ2) is 15.8. The fraction of sp³-hybridized carbons (Fsp3) is 0.600. The molecule has 2 aromatic rings. The van der Waals surface area contributed by atoms with Crippen molar-refractivity contribution in [1.29, 1.82) is 0 Å². The Morgan fingerprint density at radius 2 is 1.95 bits per heavy atom. The summed E-state index contributed by atoms with van der Waals surface area (Å²) in [7, 11) is -2.16. The molecule has 13 heteroatoms. The van der Waals surface area contributed by atoms with Crippen LogP contribution in [0.3, 0.4) is 0 Å². The first kappa shape index (κ1) is 34.8. The van der Waals surface area contributed by atoms with Crippen molar-refractivity contribution in [2.45, 2.75) is 82.4 Å². The number of aliphatic hydroxyl groups excluding tert-OH is 1. The molecule has 0 bridgehead atoms. The minimum atomic E-state index is -3.70. The number of amides is 3. The fourth-order valence-electron chi connectivity index (χ4n) is 4.81. The number of thiophene rings is 1. The van der Waals surface area contributed by atoms with Crippen LogP contribution in [0.25, 0.3) is 0 Å². The highest BCUT2D eigenvalue weighted by Gasteiger charge is 2.32. The van der Waals surface area contributed by atoms with E-state index in [-0.39, 0.29) is 53.4 Å². The average molecular weight is 639 g/mol. The molecular weight excluding hydrogens is 592 g/mol. The van der Waals surface area contributed by atoms with Gasteiger partial charge in [0.25, 0.3) is 15.9 Å². The number of nitrogens with zero attached hydrogens (tertiary/aromatic N) is 2. The molecule has 0 unspecified atom stereocenters. The first-order valence-electron chi connectivity index (χ1n) is 14.7. The second-order valence-corrected chi connectivity index (χ2v) is 14.7. The van der Waals surface area contributed by atoms with Gasteiger partial charge >= 0.3 is 6.03 Å². The summed E-state index contributed by atoms with van der Waals surface area (Å²) in [6, 6.07) is 7.23. The number of hydrogen-bond acceptors (Lipinski definition) is 8. The molecule has 0 saturated heterocycles. The summed E-state index contributed by atoms with van der Waals surface area (Å²) in [6.07, 6.45) is 1.59. The fourth-order valence-corrected chi connectivity index (χ4v) is 7.19. The quantitative estimate of drug-likeness (QED) is 0.390. The van der Waals surface area contributed by atoms with E-state index in [0.717, 1.165) is 30.6 Å². The molecule has 0 spiro atoms. The molecule has 43 heavy (non-hydrogen) atoms. The molecule has 0 fully saturated rings. The highest BCUT2D eigenvalue weighted by Crippen LogP contribution is 2.29. The number of anilines is 1. The standard InChI is InChI=1S/C30H46N4O7S2/c1-20(2)31-30(37)32-24-12-13-26-25(16-24)29(36)34(22(4)19-35)17-21(3)27(40-14-8-7-10-23(5)41-26)18-33(6)43(38,39)28-11-9-15-42-28/h9,11-13,15-16,20-23,27,35H,7-8,10,14,17-19H2,1-6H3,(H2,31,32,37)/t21-,22+,23-,27-/m1/s1. The molecule has 0 radical (unpaired) electrons. The van der Waals surface area contributed by atoms with Gasteiger partial charge in [0, 0.05) is 44.4 Å². The smallest absolute Gasteiger partial charge is 0.319 e. The molecule has 1 aromatic heterocycles. The molecule has 0 aliphatic carbocycles. The maximum Gasteiger partial charge on any atom is 0.319 e. The van der Waals surface area contributed by atoms with Crippen molar-refractivity contribution in [3.05, 3.63) is 41.3 Å². The number of carbonyl (C=O) groups excluding carboxylic acids is 2. The third-order valence-corrected chi connectivity index (χ3v) is 10.5. The van der Waals surface area contributed by atoms with Crippen LogP contribution in [0.4, 0.5) is 10.5 Å². The van der Waals surface area contributed by atoms with E-state index in [2.05, 4.69) is 10.6 Å². The number of sulfonamides is 1. The summed E-state index contributed by atoms with van der Waals surface area (Å²) < 4.78 is 40.4. The van der Waals surface area contributed by atoms with E-state index in [1.54, 1.807) is 47.5 Å². The second-order valence-electron chi connectivity index (χ2n) is 11.5. The molecule has 3 rings (SSSR count). The molecule has 1 aromatic carbocycles. The minimum Gasteiger partial charge on any atom is -0.490 e. The largest absolute Gasteiger partial charge is 0.490 e. The van der Waals surface area contributed by atoms with E-state index in [0.29, 0.717) is 18.0 Å². The van der Waals surface area contributed by atoms with E-state index in [4.69, 9.17) is 9.47 Å². The van der Waals surface area contributed by atoms with Gasteiger partial charge < -0.3 is 30.1 Å². The molecule has 1 aliphatic heterocycles. The van der Waals surface area contributed by atoms with Crippen LogP contribution in [-0.2, 0) is 14.8 Å². The van der Waals surface area contributed by atoms with Crippen LogP contribution < -0.4 is 15.4 Å². The lowest BCUT2D eigenvalue weighted by Crippen LogP contribution is -2.48. The highest BCUT2D eigenvalue weighted by molar-refractivity contribution is 7.91. The number of carbonyl (C=O) groups is 2. The Morgan fingerprint density at radius 3 is 2.60 bits per heavy atom. The first-order chi connectivity index (χ1) is 20.3. The van der Waals surface area contributed by atoms with Gasteiger partial charge in [0.05, 0.1) is 30.4 Å². The van der Waals surface area contributed by atoms with Crippen LogP contribution in [0, 0.1) is 5.92 Å². The van der Waals surface area contributed by atoms with Crippen LogP contribution in [-0.4, -0.2) is 92.3 Å². The number of likely N-dealkylation sites (N-methyl/N-ethyl adjacent to an activating group) is 1. The molecule has 11 nitrogen and oxygen atoms in total. The number of urea groups is 1. The summed E-state index contributed by atoms with van der Waals surface area (Å²) in [5.41, 5.74) is 0.683. The Hall–Kier alpha value is -2.71. The lowest BCUT2D eigenvalue weighted by Gasteiger charge is -2.35. The first-order valence-corrected chi connectivity index (χ1v) is 17.1. The third-order valence-electron chi connectivity index (χ3n) is 7.33. The summed E-state index contributed by atoms with van der Waals surface area (Å²) in [5, 5.41) is 17.4. The normalized spacial score (nSPS) is 21.6. The predicted octanol–water partition coefficient (Wildman–Crippen LogP) is 4.39. The maximum atomic E-state index is 14.2. The van der Waals surface area contributed by atoms with Gasteiger partial charge in [-0.05, 0) is 76.6 Å². The topological polar surface area (TPSA) is 138 Å². The average Bonchev–Trinajstić information content (AvgIpc) is 3.50.